The molecule has 1 aromatic rings. The maximum absolute atomic E-state index is 12.4. The van der Waals surface area contributed by atoms with Gasteiger partial charge in [-0.3, -0.25) is 0 Å². The van der Waals surface area contributed by atoms with E-state index in [0.29, 0.717) is 0 Å². The topological polar surface area (TPSA) is 73.1 Å². The number of alkyl halides is 2. The highest BCUT2D eigenvalue weighted by Crippen LogP contribution is 2.34. The summed E-state index contributed by atoms with van der Waals surface area (Å²) in [6.45, 7) is 0. The van der Waals surface area contributed by atoms with E-state index in [1.54, 1.807) is 0 Å². The van der Waals surface area contributed by atoms with Crippen molar-refractivity contribution in [2.24, 2.45) is 5.14 Å². The Labute approximate surface area is 97.6 Å². The number of aromatic nitrogens is 1. The highest BCUT2D eigenvalue weighted by molar-refractivity contribution is 9.10. The number of nitrogens with two attached hydrogens (primary N) is 1. The molecule has 0 saturated carbocycles. The average molecular weight is 322 g/mol. The Balaban J connectivity index is 3.59. The molecule has 0 atom stereocenters. The summed E-state index contributed by atoms with van der Waals surface area (Å²) in [7, 11) is -4.19. The van der Waals surface area contributed by atoms with E-state index in [2.05, 4.69) is 20.9 Å². The molecule has 0 aliphatic carbocycles. The first kappa shape index (κ1) is 12.8. The molecular formula is C6H4BrClF2N2O2S. The molecule has 0 fully saturated rings. The van der Waals surface area contributed by atoms with Crippen molar-refractivity contribution in [2.45, 2.75) is 11.3 Å². The Morgan fingerprint density at radius 3 is 2.47 bits per heavy atom. The Morgan fingerprint density at radius 1 is 1.53 bits per heavy atom. The number of pyridine rings is 1. The lowest BCUT2D eigenvalue weighted by Crippen LogP contribution is -2.15. The van der Waals surface area contributed by atoms with E-state index in [4.69, 9.17) is 16.7 Å². The van der Waals surface area contributed by atoms with Crippen LogP contribution in [-0.4, -0.2) is 13.4 Å². The number of hydrogen-bond acceptors (Lipinski definition) is 3. The van der Waals surface area contributed by atoms with Crippen LogP contribution in [0.5, 0.6) is 0 Å². The molecule has 0 radical (unpaired) electrons. The van der Waals surface area contributed by atoms with Gasteiger partial charge in [0, 0.05) is 6.20 Å². The third-order valence-electron chi connectivity index (χ3n) is 1.48. The van der Waals surface area contributed by atoms with Crippen molar-refractivity contribution >= 4 is 37.6 Å². The van der Waals surface area contributed by atoms with Crippen LogP contribution < -0.4 is 5.14 Å². The lowest BCUT2D eigenvalue weighted by atomic mass is 10.3. The standard InChI is InChI=1S/C6H4BrClF2N2O2S/c7-5-4(15(11,13)14)3(8)2(1-12-5)6(9)10/h1,6H,(H2,11,13,14). The van der Waals surface area contributed by atoms with Gasteiger partial charge in [0.2, 0.25) is 10.0 Å². The van der Waals surface area contributed by atoms with Crippen molar-refractivity contribution in [3.05, 3.63) is 21.4 Å². The number of nitrogens with zero attached hydrogens (tertiary/aromatic N) is 1. The third kappa shape index (κ3) is 2.63. The summed E-state index contributed by atoms with van der Waals surface area (Å²) >= 11 is 8.25. The molecule has 1 rings (SSSR count). The fourth-order valence-corrected chi connectivity index (χ4v) is 3.15. The number of rotatable bonds is 2. The fourth-order valence-electron chi connectivity index (χ4n) is 0.858. The quantitative estimate of drug-likeness (QED) is 0.848. The molecule has 0 amide bonds. The van der Waals surface area contributed by atoms with E-state index >= 15 is 0 Å². The normalized spacial score (nSPS) is 12.1. The van der Waals surface area contributed by atoms with E-state index < -0.39 is 31.9 Å². The first-order valence-electron chi connectivity index (χ1n) is 3.40. The van der Waals surface area contributed by atoms with Crippen LogP contribution in [0.2, 0.25) is 5.02 Å². The van der Waals surface area contributed by atoms with Crippen LogP contribution in [-0.2, 0) is 10.0 Å². The summed E-state index contributed by atoms with van der Waals surface area (Å²) in [5.74, 6) is 0. The van der Waals surface area contributed by atoms with Gasteiger partial charge in [-0.15, -0.1) is 0 Å². The van der Waals surface area contributed by atoms with Crippen molar-refractivity contribution in [2.75, 3.05) is 0 Å². The van der Waals surface area contributed by atoms with Crippen LogP contribution in [0.1, 0.15) is 12.0 Å². The number of primary sulfonamides is 1. The molecule has 15 heavy (non-hydrogen) atoms. The van der Waals surface area contributed by atoms with Crippen molar-refractivity contribution < 1.29 is 17.2 Å². The van der Waals surface area contributed by atoms with Gasteiger partial charge in [-0.1, -0.05) is 11.6 Å². The smallest absolute Gasteiger partial charge is 0.247 e. The molecule has 0 aliphatic rings. The molecule has 0 spiro atoms. The van der Waals surface area contributed by atoms with Crippen LogP contribution in [0.3, 0.4) is 0 Å². The minimum Gasteiger partial charge on any atom is -0.247 e. The van der Waals surface area contributed by atoms with Gasteiger partial charge in [0.25, 0.3) is 6.43 Å². The third-order valence-corrected chi connectivity index (χ3v) is 3.83. The number of hydrogen-bond donors (Lipinski definition) is 1. The maximum atomic E-state index is 12.4. The van der Waals surface area contributed by atoms with Crippen molar-refractivity contribution in [1.29, 1.82) is 0 Å². The second-order valence-corrected chi connectivity index (χ2v) is 5.12. The molecule has 0 saturated heterocycles. The highest BCUT2D eigenvalue weighted by Gasteiger charge is 2.24. The molecule has 1 heterocycles. The molecule has 9 heteroatoms. The van der Waals surface area contributed by atoms with Crippen LogP contribution in [0.15, 0.2) is 15.7 Å². The lowest BCUT2D eigenvalue weighted by Gasteiger charge is -2.08. The summed E-state index contributed by atoms with van der Waals surface area (Å²) < 4.78 is 46.6. The van der Waals surface area contributed by atoms with E-state index in [9.17, 15) is 17.2 Å². The minimum absolute atomic E-state index is 0.195. The van der Waals surface area contributed by atoms with Gasteiger partial charge < -0.3 is 0 Å². The maximum Gasteiger partial charge on any atom is 0.266 e. The number of sulfonamides is 1. The van der Waals surface area contributed by atoms with Crippen LogP contribution in [0.25, 0.3) is 0 Å². The van der Waals surface area contributed by atoms with Gasteiger partial charge in [0.05, 0.1) is 10.6 Å². The molecule has 0 aromatic carbocycles. The van der Waals surface area contributed by atoms with Crippen molar-refractivity contribution in [1.82, 2.24) is 4.98 Å². The van der Waals surface area contributed by atoms with E-state index in [0.717, 1.165) is 6.20 Å². The predicted molar refractivity (Wildman–Crippen MR) is 53.3 cm³/mol. The van der Waals surface area contributed by atoms with Gasteiger partial charge in [-0.25, -0.2) is 27.3 Å². The lowest BCUT2D eigenvalue weighted by molar-refractivity contribution is 0.150. The predicted octanol–water partition coefficient (Wildman–Crippen LogP) is 2.08. The van der Waals surface area contributed by atoms with E-state index in [-0.39, 0.29) is 4.60 Å². The summed E-state index contributed by atoms with van der Waals surface area (Å²) in [4.78, 5) is 2.78. The monoisotopic (exact) mass is 320 g/mol. The molecule has 0 bridgehead atoms. The molecule has 1 aromatic heterocycles. The zero-order valence-electron chi connectivity index (χ0n) is 6.92. The van der Waals surface area contributed by atoms with Crippen LogP contribution >= 0.6 is 27.5 Å². The van der Waals surface area contributed by atoms with Gasteiger partial charge >= 0.3 is 0 Å². The summed E-state index contributed by atoms with van der Waals surface area (Å²) in [6, 6.07) is 0. The van der Waals surface area contributed by atoms with Crippen LogP contribution in [0.4, 0.5) is 8.78 Å². The van der Waals surface area contributed by atoms with Gasteiger partial charge in [0.1, 0.15) is 9.50 Å². The average Bonchev–Trinajstić information content (AvgIpc) is 2.00. The van der Waals surface area contributed by atoms with Gasteiger partial charge in [0.15, 0.2) is 0 Å². The Kier molecular flexibility index (Phi) is 3.64. The van der Waals surface area contributed by atoms with Crippen molar-refractivity contribution in [3.63, 3.8) is 0 Å². The molecule has 0 unspecified atom stereocenters. The summed E-state index contributed by atoms with van der Waals surface area (Å²) in [5, 5.41) is 4.18. The largest absolute Gasteiger partial charge is 0.266 e. The molecule has 84 valence electrons. The van der Waals surface area contributed by atoms with Gasteiger partial charge in [-0.05, 0) is 15.9 Å². The second kappa shape index (κ2) is 4.28. The van der Waals surface area contributed by atoms with E-state index in [1.165, 1.54) is 0 Å². The molecule has 4 nitrogen and oxygen atoms in total. The van der Waals surface area contributed by atoms with Gasteiger partial charge in [-0.2, -0.15) is 0 Å². The Morgan fingerprint density at radius 2 is 2.07 bits per heavy atom. The summed E-state index contributed by atoms with van der Waals surface area (Å²) in [5.41, 5.74) is -0.677. The molecule has 2 N–H and O–H groups in total. The Bertz CT molecular complexity index is 494. The SMILES string of the molecule is NS(=O)(=O)c1c(Br)ncc(C(F)F)c1Cl. The number of halogens is 4. The first-order valence-corrected chi connectivity index (χ1v) is 6.11. The minimum atomic E-state index is -4.19. The van der Waals surface area contributed by atoms with Crippen LogP contribution in [0, 0.1) is 0 Å². The zero-order valence-corrected chi connectivity index (χ0v) is 10.1. The highest BCUT2D eigenvalue weighted by atomic mass is 79.9. The zero-order chi connectivity index (χ0) is 11.8. The fraction of sp³-hybridized carbons (Fsp3) is 0.167. The summed E-state index contributed by atoms with van der Waals surface area (Å²) in [6.07, 6.45) is -2.13. The second-order valence-electron chi connectivity index (χ2n) is 2.49. The molecular weight excluding hydrogens is 317 g/mol. The Hall–Kier alpha value is -0.310. The molecule has 0 aliphatic heterocycles. The first-order chi connectivity index (χ1) is 6.75. The van der Waals surface area contributed by atoms with E-state index in [1.807, 2.05) is 0 Å². The van der Waals surface area contributed by atoms with Crippen molar-refractivity contribution in [3.8, 4) is 0 Å².